The number of hydrogen-bond donors (Lipinski definition) is 0. The molecule has 0 N–H and O–H groups in total. The number of aryl methyl sites for hydroxylation is 2. The van der Waals surface area contributed by atoms with Crippen LogP contribution in [-0.2, 0) is 4.79 Å². The topological polar surface area (TPSA) is 48.0 Å². The average Bonchev–Trinajstić information content (AvgIpc) is 3.01. The Morgan fingerprint density at radius 2 is 1.69 bits per heavy atom. The van der Waals surface area contributed by atoms with Gasteiger partial charge in [-0.05, 0) is 74.7 Å². The van der Waals surface area contributed by atoms with Gasteiger partial charge in [0, 0.05) is 13.0 Å². The zero-order chi connectivity index (χ0) is 23.1. The van der Waals surface area contributed by atoms with Gasteiger partial charge in [0.2, 0.25) is 0 Å². The van der Waals surface area contributed by atoms with E-state index >= 15 is 0 Å². The maximum atomic E-state index is 12.5. The van der Waals surface area contributed by atoms with Crippen molar-refractivity contribution in [1.82, 2.24) is 4.90 Å². The number of amides is 1. The predicted molar refractivity (Wildman–Crippen MR) is 135 cm³/mol. The first-order valence-corrected chi connectivity index (χ1v) is 12.0. The Morgan fingerprint density at radius 3 is 2.34 bits per heavy atom. The van der Waals surface area contributed by atoms with Crippen molar-refractivity contribution in [3.63, 3.8) is 0 Å². The molecule has 0 radical (unpaired) electrons. The molecule has 0 aliphatic carbocycles. The molecular formula is C25H29NO4S2. The Bertz CT molecular complexity index is 999. The lowest BCUT2D eigenvalue weighted by molar-refractivity contribution is -0.121. The van der Waals surface area contributed by atoms with Crippen LogP contribution < -0.4 is 14.2 Å². The third kappa shape index (κ3) is 6.26. The molecule has 1 amide bonds. The quantitative estimate of drug-likeness (QED) is 0.249. The summed E-state index contributed by atoms with van der Waals surface area (Å²) in [5.41, 5.74) is 3.25. The molecule has 0 saturated carbocycles. The lowest BCUT2D eigenvalue weighted by Crippen LogP contribution is -2.27. The van der Waals surface area contributed by atoms with Crippen LogP contribution >= 0.6 is 24.0 Å². The highest BCUT2D eigenvalue weighted by atomic mass is 32.2. The summed E-state index contributed by atoms with van der Waals surface area (Å²) < 4.78 is 18.2. The monoisotopic (exact) mass is 471 g/mol. The fraction of sp³-hybridized carbons (Fsp3) is 0.360. The van der Waals surface area contributed by atoms with Gasteiger partial charge in [0.05, 0.1) is 24.7 Å². The summed E-state index contributed by atoms with van der Waals surface area (Å²) in [6, 6.07) is 11.9. The summed E-state index contributed by atoms with van der Waals surface area (Å²) in [5.74, 6) is 2.17. The summed E-state index contributed by atoms with van der Waals surface area (Å²) in [6.07, 6.45) is 2.60. The van der Waals surface area contributed by atoms with E-state index in [0.717, 1.165) is 17.7 Å². The second kappa shape index (κ2) is 11.4. The van der Waals surface area contributed by atoms with Crippen molar-refractivity contribution in [2.24, 2.45) is 0 Å². The number of ether oxygens (including phenoxy) is 3. The third-order valence-electron chi connectivity index (χ3n) is 4.77. The second-order valence-electron chi connectivity index (χ2n) is 7.44. The maximum Gasteiger partial charge on any atom is 0.266 e. The van der Waals surface area contributed by atoms with Crippen molar-refractivity contribution in [3.05, 3.63) is 58.0 Å². The molecule has 1 aliphatic rings. The van der Waals surface area contributed by atoms with E-state index in [1.165, 1.54) is 22.9 Å². The van der Waals surface area contributed by atoms with Gasteiger partial charge in [-0.15, -0.1) is 0 Å². The van der Waals surface area contributed by atoms with Crippen LogP contribution in [0.5, 0.6) is 17.2 Å². The molecule has 0 atom stereocenters. The molecule has 0 aromatic heterocycles. The number of thiocarbonyl (C=S) groups is 1. The lowest BCUT2D eigenvalue weighted by Gasteiger charge is -2.13. The highest BCUT2D eigenvalue weighted by Crippen LogP contribution is 2.34. The molecule has 1 fully saturated rings. The van der Waals surface area contributed by atoms with E-state index < -0.39 is 0 Å². The van der Waals surface area contributed by atoms with Gasteiger partial charge in [-0.3, -0.25) is 9.69 Å². The number of nitrogens with zero attached hydrogens (tertiary/aromatic N) is 1. The van der Waals surface area contributed by atoms with E-state index in [0.29, 0.717) is 47.1 Å². The average molecular weight is 472 g/mol. The minimum absolute atomic E-state index is 0.0513. The zero-order valence-electron chi connectivity index (χ0n) is 19.0. The fourth-order valence-corrected chi connectivity index (χ4v) is 4.76. The Balaban J connectivity index is 1.59. The number of likely N-dealkylation sites (N-methyl/N-ethyl adjacent to an activating group) is 1. The number of hydrogen-bond acceptors (Lipinski definition) is 6. The molecule has 1 saturated heterocycles. The molecule has 1 heterocycles. The first-order chi connectivity index (χ1) is 15.4. The first-order valence-electron chi connectivity index (χ1n) is 10.8. The van der Waals surface area contributed by atoms with Crippen LogP contribution in [-0.4, -0.2) is 41.5 Å². The molecule has 2 aromatic carbocycles. The van der Waals surface area contributed by atoms with Crippen LogP contribution in [0.2, 0.25) is 0 Å². The summed E-state index contributed by atoms with van der Waals surface area (Å²) in [6.45, 7) is 10.2. The van der Waals surface area contributed by atoms with Crippen molar-refractivity contribution in [2.45, 2.75) is 34.1 Å². The smallest absolute Gasteiger partial charge is 0.266 e. The van der Waals surface area contributed by atoms with Crippen molar-refractivity contribution >= 4 is 40.3 Å². The summed E-state index contributed by atoms with van der Waals surface area (Å²) in [7, 11) is 0. The van der Waals surface area contributed by atoms with Gasteiger partial charge in [-0.1, -0.05) is 36.1 Å². The highest BCUT2D eigenvalue weighted by molar-refractivity contribution is 8.26. The molecule has 0 spiro atoms. The Kier molecular flexibility index (Phi) is 8.59. The van der Waals surface area contributed by atoms with Crippen LogP contribution in [0.4, 0.5) is 0 Å². The van der Waals surface area contributed by atoms with Crippen molar-refractivity contribution in [1.29, 1.82) is 0 Å². The molecule has 3 rings (SSSR count). The van der Waals surface area contributed by atoms with Gasteiger partial charge < -0.3 is 14.2 Å². The first kappa shape index (κ1) is 24.1. The van der Waals surface area contributed by atoms with E-state index in [1.807, 2.05) is 50.3 Å². The van der Waals surface area contributed by atoms with Crippen molar-refractivity contribution in [2.75, 3.05) is 26.4 Å². The minimum atomic E-state index is -0.0513. The van der Waals surface area contributed by atoms with E-state index in [-0.39, 0.29) is 5.91 Å². The van der Waals surface area contributed by atoms with Gasteiger partial charge in [-0.2, -0.15) is 0 Å². The molecule has 0 bridgehead atoms. The highest BCUT2D eigenvalue weighted by Gasteiger charge is 2.30. The van der Waals surface area contributed by atoms with Crippen LogP contribution in [0.1, 0.15) is 37.0 Å². The van der Waals surface area contributed by atoms with Crippen LogP contribution in [0.25, 0.3) is 6.08 Å². The Morgan fingerprint density at radius 1 is 0.969 bits per heavy atom. The van der Waals surface area contributed by atoms with E-state index in [2.05, 4.69) is 19.9 Å². The summed E-state index contributed by atoms with van der Waals surface area (Å²) in [5, 5.41) is 0. The maximum absolute atomic E-state index is 12.5. The molecular weight excluding hydrogens is 442 g/mol. The van der Waals surface area contributed by atoms with Crippen molar-refractivity contribution in [3.8, 4) is 17.2 Å². The predicted octanol–water partition coefficient (Wildman–Crippen LogP) is 5.77. The lowest BCUT2D eigenvalue weighted by atomic mass is 10.1. The SMILES string of the molecule is CCOc1cc(/C=C2\SC(=S)N(CC)C2=O)ccc1OCCCOc1cc(C)cc(C)c1. The molecule has 7 heteroatoms. The largest absolute Gasteiger partial charge is 0.493 e. The summed E-state index contributed by atoms with van der Waals surface area (Å²) in [4.78, 5) is 14.7. The number of thioether (sulfide) groups is 1. The zero-order valence-corrected chi connectivity index (χ0v) is 20.6. The van der Waals surface area contributed by atoms with Crippen LogP contribution in [0.3, 0.4) is 0 Å². The van der Waals surface area contributed by atoms with Crippen LogP contribution in [0, 0.1) is 13.8 Å². The number of carbonyl (C=O) groups is 1. The number of benzene rings is 2. The van der Waals surface area contributed by atoms with Gasteiger partial charge in [-0.25, -0.2) is 0 Å². The number of rotatable bonds is 10. The van der Waals surface area contributed by atoms with Gasteiger partial charge in [0.1, 0.15) is 10.1 Å². The molecule has 0 unspecified atom stereocenters. The molecule has 32 heavy (non-hydrogen) atoms. The van der Waals surface area contributed by atoms with Crippen LogP contribution in [0.15, 0.2) is 41.3 Å². The van der Waals surface area contributed by atoms with Gasteiger partial charge in [0.25, 0.3) is 5.91 Å². The van der Waals surface area contributed by atoms with Gasteiger partial charge in [0.15, 0.2) is 11.5 Å². The minimum Gasteiger partial charge on any atom is -0.493 e. The number of carbonyl (C=O) groups excluding carboxylic acids is 1. The molecule has 2 aromatic rings. The Labute approximate surface area is 199 Å². The fourth-order valence-electron chi connectivity index (χ4n) is 3.37. The molecule has 170 valence electrons. The van der Waals surface area contributed by atoms with E-state index in [1.54, 1.807) is 4.90 Å². The second-order valence-corrected chi connectivity index (χ2v) is 9.11. The summed E-state index contributed by atoms with van der Waals surface area (Å²) >= 11 is 6.61. The van der Waals surface area contributed by atoms with E-state index in [4.69, 9.17) is 26.4 Å². The Hall–Kier alpha value is -2.51. The van der Waals surface area contributed by atoms with E-state index in [9.17, 15) is 4.79 Å². The standard InChI is InChI=1S/C25H29NO4S2/c1-5-26-24(27)23(32-25(26)31)16-19-8-9-21(22(15-19)28-6-2)30-11-7-10-29-20-13-17(3)12-18(4)14-20/h8-9,12-16H,5-7,10-11H2,1-4H3/b23-16-. The molecule has 1 aliphatic heterocycles. The van der Waals surface area contributed by atoms with Crippen molar-refractivity contribution < 1.29 is 19.0 Å². The van der Waals surface area contributed by atoms with Gasteiger partial charge >= 0.3 is 0 Å². The normalized spacial score (nSPS) is 14.9. The third-order valence-corrected chi connectivity index (χ3v) is 6.14. The molecule has 5 nitrogen and oxygen atoms in total.